The minimum atomic E-state index is -0.318. The Balaban J connectivity index is 1.89. The first kappa shape index (κ1) is 18.0. The summed E-state index contributed by atoms with van der Waals surface area (Å²) >= 11 is 11.2. The predicted molar refractivity (Wildman–Crippen MR) is 103 cm³/mol. The smallest absolute Gasteiger partial charge is 0.250 e. The Hall–Kier alpha value is -2.37. The van der Waals surface area contributed by atoms with Crippen LogP contribution in [0.25, 0.3) is 6.08 Å². The van der Waals surface area contributed by atoms with Crippen molar-refractivity contribution in [3.63, 3.8) is 0 Å². The number of thiocarbonyl (C=S) groups is 1. The van der Waals surface area contributed by atoms with E-state index < -0.39 is 0 Å². The predicted octanol–water partition coefficient (Wildman–Crippen LogP) is 4.18. The zero-order valence-electron chi connectivity index (χ0n) is 13.3. The van der Waals surface area contributed by atoms with E-state index in [1.807, 2.05) is 43.3 Å². The number of amides is 1. The number of ether oxygens (including phenoxy) is 1. The number of carbonyl (C=O) groups is 1. The molecule has 124 valence electrons. The molecule has 0 atom stereocenters. The highest BCUT2D eigenvalue weighted by atomic mass is 35.5. The molecule has 0 aliphatic carbocycles. The normalized spacial score (nSPS) is 10.5. The number of nitrogens with one attached hydrogen (secondary N) is 2. The lowest BCUT2D eigenvalue weighted by Crippen LogP contribution is -2.32. The summed E-state index contributed by atoms with van der Waals surface area (Å²) in [6.07, 6.45) is 3.11. The maximum absolute atomic E-state index is 11.9. The lowest BCUT2D eigenvalue weighted by Gasteiger charge is -2.09. The number of rotatable bonds is 4. The van der Waals surface area contributed by atoms with E-state index in [-0.39, 0.29) is 11.0 Å². The van der Waals surface area contributed by atoms with Crippen LogP contribution in [-0.2, 0) is 4.79 Å². The van der Waals surface area contributed by atoms with E-state index >= 15 is 0 Å². The Kier molecular flexibility index (Phi) is 6.35. The molecule has 0 radical (unpaired) electrons. The molecule has 2 aromatic rings. The molecule has 2 aromatic carbocycles. The fourth-order valence-electron chi connectivity index (χ4n) is 1.87. The van der Waals surface area contributed by atoms with Gasteiger partial charge in [0.05, 0.1) is 7.11 Å². The number of hydrogen-bond acceptors (Lipinski definition) is 3. The second kappa shape index (κ2) is 8.47. The maximum Gasteiger partial charge on any atom is 0.250 e. The van der Waals surface area contributed by atoms with Gasteiger partial charge in [0.15, 0.2) is 5.11 Å². The second-order valence-corrected chi connectivity index (χ2v) is 5.83. The Morgan fingerprint density at radius 3 is 2.54 bits per heavy atom. The van der Waals surface area contributed by atoms with E-state index in [0.717, 1.165) is 22.6 Å². The highest BCUT2D eigenvalue weighted by Crippen LogP contribution is 2.19. The van der Waals surface area contributed by atoms with Crippen LogP contribution in [0, 0.1) is 6.92 Å². The van der Waals surface area contributed by atoms with Crippen LogP contribution in [0.1, 0.15) is 11.1 Å². The van der Waals surface area contributed by atoms with Gasteiger partial charge in [-0.2, -0.15) is 0 Å². The minimum Gasteiger partial charge on any atom is -0.497 e. The van der Waals surface area contributed by atoms with Gasteiger partial charge in [0.25, 0.3) is 0 Å². The highest BCUT2D eigenvalue weighted by molar-refractivity contribution is 7.80. The monoisotopic (exact) mass is 360 g/mol. The van der Waals surface area contributed by atoms with Gasteiger partial charge < -0.3 is 10.1 Å². The molecule has 0 saturated carbocycles. The molecule has 0 fully saturated rings. The van der Waals surface area contributed by atoms with Gasteiger partial charge in [-0.1, -0.05) is 29.8 Å². The summed E-state index contributed by atoms with van der Waals surface area (Å²) in [4.78, 5) is 11.9. The summed E-state index contributed by atoms with van der Waals surface area (Å²) in [5.74, 6) is 0.445. The molecule has 0 spiro atoms. The topological polar surface area (TPSA) is 50.4 Å². The van der Waals surface area contributed by atoms with Gasteiger partial charge in [-0.05, 0) is 60.6 Å². The van der Waals surface area contributed by atoms with Gasteiger partial charge in [0.2, 0.25) is 5.91 Å². The van der Waals surface area contributed by atoms with Gasteiger partial charge in [0.1, 0.15) is 5.75 Å². The van der Waals surface area contributed by atoms with Crippen molar-refractivity contribution in [2.45, 2.75) is 6.92 Å². The number of carbonyl (C=O) groups excluding carboxylic acids is 1. The van der Waals surface area contributed by atoms with Gasteiger partial charge in [-0.3, -0.25) is 10.1 Å². The van der Waals surface area contributed by atoms with Crippen LogP contribution in [0.5, 0.6) is 5.75 Å². The van der Waals surface area contributed by atoms with Gasteiger partial charge >= 0.3 is 0 Å². The summed E-state index contributed by atoms with van der Waals surface area (Å²) in [7, 11) is 1.60. The zero-order valence-corrected chi connectivity index (χ0v) is 14.9. The molecular formula is C18H17ClN2O2S. The molecule has 1 amide bonds. The van der Waals surface area contributed by atoms with Crippen molar-refractivity contribution in [1.82, 2.24) is 5.32 Å². The molecule has 6 heteroatoms. The standard InChI is InChI=1S/C18H17ClN2O2S/c1-12-3-7-14(11-16(12)19)20-18(24)21-17(22)10-6-13-4-8-15(23-2)9-5-13/h3-11H,1-2H3,(H2,20,21,22,24)/b10-6-. The molecule has 0 aliphatic rings. The molecule has 4 nitrogen and oxygen atoms in total. The van der Waals surface area contributed by atoms with Crippen molar-refractivity contribution in [3.8, 4) is 5.75 Å². The molecule has 2 rings (SSSR count). The summed E-state index contributed by atoms with van der Waals surface area (Å²) in [6, 6.07) is 12.8. The lowest BCUT2D eigenvalue weighted by atomic mass is 10.2. The largest absolute Gasteiger partial charge is 0.497 e. The Bertz CT molecular complexity index is 773. The van der Waals surface area contributed by atoms with Crippen LogP contribution in [0.3, 0.4) is 0 Å². The first-order valence-electron chi connectivity index (χ1n) is 7.18. The molecule has 0 unspecified atom stereocenters. The summed E-state index contributed by atoms with van der Waals surface area (Å²) < 4.78 is 5.08. The highest BCUT2D eigenvalue weighted by Gasteiger charge is 2.03. The number of hydrogen-bond donors (Lipinski definition) is 2. The maximum atomic E-state index is 11.9. The Labute approximate surface area is 151 Å². The van der Waals surface area contributed by atoms with Gasteiger partial charge in [-0.15, -0.1) is 0 Å². The summed E-state index contributed by atoms with van der Waals surface area (Å²) in [5, 5.41) is 6.34. The van der Waals surface area contributed by atoms with Crippen LogP contribution in [0.15, 0.2) is 48.5 Å². The zero-order chi connectivity index (χ0) is 17.5. The molecule has 0 bridgehead atoms. The van der Waals surface area contributed by atoms with Crippen molar-refractivity contribution in [2.75, 3.05) is 12.4 Å². The number of benzene rings is 2. The average Bonchev–Trinajstić information content (AvgIpc) is 2.56. The number of anilines is 1. The first-order chi connectivity index (χ1) is 11.5. The van der Waals surface area contributed by atoms with Crippen molar-refractivity contribution in [2.24, 2.45) is 0 Å². The first-order valence-corrected chi connectivity index (χ1v) is 7.97. The summed E-state index contributed by atoms with van der Waals surface area (Å²) in [5.41, 5.74) is 2.57. The molecule has 24 heavy (non-hydrogen) atoms. The van der Waals surface area contributed by atoms with Crippen molar-refractivity contribution in [1.29, 1.82) is 0 Å². The third-order valence-corrected chi connectivity index (χ3v) is 3.82. The lowest BCUT2D eigenvalue weighted by molar-refractivity contribution is -0.115. The fourth-order valence-corrected chi connectivity index (χ4v) is 2.27. The van der Waals surface area contributed by atoms with Crippen LogP contribution < -0.4 is 15.4 Å². The Morgan fingerprint density at radius 2 is 1.92 bits per heavy atom. The van der Waals surface area contributed by atoms with Crippen LogP contribution >= 0.6 is 23.8 Å². The number of aryl methyl sites for hydroxylation is 1. The quantitative estimate of drug-likeness (QED) is 0.634. The molecule has 0 saturated heterocycles. The van der Waals surface area contributed by atoms with Gasteiger partial charge in [-0.25, -0.2) is 0 Å². The molecule has 0 aliphatic heterocycles. The van der Waals surface area contributed by atoms with E-state index in [0.29, 0.717) is 5.02 Å². The Morgan fingerprint density at radius 1 is 1.21 bits per heavy atom. The summed E-state index contributed by atoms with van der Waals surface area (Å²) in [6.45, 7) is 1.91. The second-order valence-electron chi connectivity index (χ2n) is 5.01. The number of halogens is 1. The van der Waals surface area contributed by atoms with Crippen molar-refractivity contribution >= 4 is 46.6 Å². The van der Waals surface area contributed by atoms with E-state index in [1.54, 1.807) is 19.3 Å². The van der Waals surface area contributed by atoms with Crippen LogP contribution in [0.2, 0.25) is 5.02 Å². The number of methoxy groups -OCH3 is 1. The van der Waals surface area contributed by atoms with E-state index in [4.69, 9.17) is 28.6 Å². The molecule has 2 N–H and O–H groups in total. The average molecular weight is 361 g/mol. The molecule has 0 aromatic heterocycles. The van der Waals surface area contributed by atoms with E-state index in [1.165, 1.54) is 6.08 Å². The van der Waals surface area contributed by atoms with Gasteiger partial charge in [0, 0.05) is 16.8 Å². The van der Waals surface area contributed by atoms with Crippen molar-refractivity contribution in [3.05, 3.63) is 64.7 Å². The van der Waals surface area contributed by atoms with E-state index in [2.05, 4.69) is 10.6 Å². The molecular weight excluding hydrogens is 344 g/mol. The van der Waals surface area contributed by atoms with Crippen LogP contribution in [0.4, 0.5) is 5.69 Å². The molecule has 0 heterocycles. The van der Waals surface area contributed by atoms with Crippen LogP contribution in [-0.4, -0.2) is 18.1 Å². The third-order valence-electron chi connectivity index (χ3n) is 3.21. The SMILES string of the molecule is COc1ccc(/C=C\C(=O)NC(=S)Nc2ccc(C)c(Cl)c2)cc1. The minimum absolute atomic E-state index is 0.208. The van der Waals surface area contributed by atoms with Crippen molar-refractivity contribution < 1.29 is 9.53 Å². The fraction of sp³-hybridized carbons (Fsp3) is 0.111. The van der Waals surface area contributed by atoms with E-state index in [9.17, 15) is 4.79 Å². The third kappa shape index (κ3) is 5.37.